The average molecular weight is 696 g/mol. The molecular formula is C38H53NO7SSi. The Morgan fingerprint density at radius 3 is 2.21 bits per heavy atom. The SMILES string of the molecule is CCCCCCCC(=O)SCC/C=C/[C@H](CC(=O)OCC[Si](C)(C)C)OC(=O)[C@@H](C)NC(=O)OCC1c2ccccc2-c2ccccc21. The van der Waals surface area contributed by atoms with Crippen LogP contribution in [0.3, 0.4) is 0 Å². The minimum atomic E-state index is -1.38. The van der Waals surface area contributed by atoms with E-state index in [1.807, 2.05) is 42.5 Å². The number of nitrogens with one attached hydrogen (secondary N) is 1. The summed E-state index contributed by atoms with van der Waals surface area (Å²) >= 11 is 1.30. The van der Waals surface area contributed by atoms with Crippen molar-refractivity contribution in [3.8, 4) is 11.1 Å². The van der Waals surface area contributed by atoms with Gasteiger partial charge in [0, 0.05) is 26.2 Å². The number of benzene rings is 2. The Bertz CT molecular complexity index is 1340. The number of hydrogen-bond donors (Lipinski definition) is 1. The normalized spacial score (nSPS) is 13.8. The van der Waals surface area contributed by atoms with Crippen LogP contribution in [0.4, 0.5) is 4.79 Å². The largest absolute Gasteiger partial charge is 0.466 e. The molecule has 0 unspecified atom stereocenters. The number of esters is 2. The number of thioether (sulfide) groups is 1. The van der Waals surface area contributed by atoms with Gasteiger partial charge in [-0.25, -0.2) is 9.59 Å². The van der Waals surface area contributed by atoms with Crippen LogP contribution in [-0.4, -0.2) is 62.3 Å². The molecule has 262 valence electrons. The lowest BCUT2D eigenvalue weighted by Gasteiger charge is -2.20. The van der Waals surface area contributed by atoms with Gasteiger partial charge in [0.05, 0.1) is 13.0 Å². The zero-order valence-electron chi connectivity index (χ0n) is 29.3. The zero-order valence-corrected chi connectivity index (χ0v) is 31.1. The first-order valence-electron chi connectivity index (χ1n) is 17.3. The number of hydrogen-bond acceptors (Lipinski definition) is 8. The third-order valence-corrected chi connectivity index (χ3v) is 10.8. The molecule has 10 heteroatoms. The van der Waals surface area contributed by atoms with Crippen molar-refractivity contribution in [3.05, 3.63) is 71.8 Å². The van der Waals surface area contributed by atoms with E-state index in [4.69, 9.17) is 14.2 Å². The Hall–Kier alpha value is -3.37. The van der Waals surface area contributed by atoms with Crippen LogP contribution in [0.25, 0.3) is 11.1 Å². The summed E-state index contributed by atoms with van der Waals surface area (Å²) in [6.07, 6.45) is 8.43. The molecule has 0 fully saturated rings. The second kappa shape index (κ2) is 20.2. The first-order chi connectivity index (χ1) is 23.0. The van der Waals surface area contributed by atoms with E-state index in [9.17, 15) is 19.2 Å². The molecule has 0 radical (unpaired) electrons. The fraction of sp³-hybridized carbons (Fsp3) is 0.526. The van der Waals surface area contributed by atoms with E-state index in [1.54, 1.807) is 6.08 Å². The molecule has 1 aliphatic carbocycles. The standard InChI is InChI=1S/C38H53NO7SSi/c1-6-7-8-9-10-22-36(41)47-24-16-15-17-29(26-35(40)44-23-25-48(3,4)5)46-37(42)28(2)39-38(43)45-27-34-32-20-13-11-18-30(32)31-19-12-14-21-33(31)34/h11-15,17-21,28-29,34H,6-10,16,22-27H2,1-5H3,(H,39,43)/b17-15+/t28-,29-/m1/s1. The van der Waals surface area contributed by atoms with Crippen molar-refractivity contribution in [2.75, 3.05) is 19.0 Å². The second-order valence-corrected chi connectivity index (χ2v) is 20.3. The third-order valence-electron chi connectivity index (χ3n) is 8.16. The second-order valence-electron chi connectivity index (χ2n) is 13.5. The molecular weight excluding hydrogens is 643 g/mol. The van der Waals surface area contributed by atoms with E-state index in [2.05, 4.69) is 44.0 Å². The highest BCUT2D eigenvalue weighted by molar-refractivity contribution is 8.13. The zero-order chi connectivity index (χ0) is 34.9. The number of fused-ring (bicyclic) bond motifs is 3. The van der Waals surface area contributed by atoms with Crippen LogP contribution in [0.1, 0.15) is 82.3 Å². The molecule has 0 aliphatic heterocycles. The van der Waals surface area contributed by atoms with E-state index in [1.165, 1.54) is 31.5 Å². The minimum Gasteiger partial charge on any atom is -0.466 e. The van der Waals surface area contributed by atoms with Crippen LogP contribution in [0, 0.1) is 0 Å². The van der Waals surface area contributed by atoms with Gasteiger partial charge in [-0.3, -0.25) is 9.59 Å². The third kappa shape index (κ3) is 13.6. The Labute approximate surface area is 291 Å². The average Bonchev–Trinajstić information content (AvgIpc) is 3.36. The van der Waals surface area contributed by atoms with E-state index < -0.39 is 38.3 Å². The van der Waals surface area contributed by atoms with Crippen molar-refractivity contribution in [1.29, 1.82) is 0 Å². The molecule has 2 aromatic carbocycles. The van der Waals surface area contributed by atoms with Gasteiger partial charge in [-0.15, -0.1) is 0 Å². The molecule has 2 atom stereocenters. The van der Waals surface area contributed by atoms with Crippen LogP contribution in [-0.2, 0) is 28.6 Å². The fourth-order valence-electron chi connectivity index (χ4n) is 5.40. The monoisotopic (exact) mass is 695 g/mol. The lowest BCUT2D eigenvalue weighted by Crippen LogP contribution is -2.41. The number of carbonyl (C=O) groups excluding carboxylic acids is 4. The van der Waals surface area contributed by atoms with Gasteiger partial charge >= 0.3 is 18.0 Å². The van der Waals surface area contributed by atoms with Gasteiger partial charge in [-0.1, -0.05) is 119 Å². The summed E-state index contributed by atoms with van der Waals surface area (Å²) in [6, 6.07) is 16.0. The van der Waals surface area contributed by atoms with Gasteiger partial charge in [0.1, 0.15) is 18.8 Å². The maximum atomic E-state index is 13.0. The number of ether oxygens (including phenoxy) is 3. The lowest BCUT2D eigenvalue weighted by molar-refractivity contribution is -0.153. The first-order valence-corrected chi connectivity index (χ1v) is 22.0. The first kappa shape index (κ1) is 39.1. The molecule has 0 saturated carbocycles. The number of carbonyl (C=O) groups is 4. The van der Waals surface area contributed by atoms with Crippen LogP contribution in [0.5, 0.6) is 0 Å². The Morgan fingerprint density at radius 2 is 1.56 bits per heavy atom. The lowest BCUT2D eigenvalue weighted by atomic mass is 9.98. The summed E-state index contributed by atoms with van der Waals surface area (Å²) in [7, 11) is -1.38. The molecule has 1 N–H and O–H groups in total. The number of rotatable bonds is 20. The van der Waals surface area contributed by atoms with Crippen molar-refractivity contribution < 1.29 is 33.4 Å². The van der Waals surface area contributed by atoms with Gasteiger partial charge < -0.3 is 19.5 Å². The molecule has 48 heavy (non-hydrogen) atoms. The topological polar surface area (TPSA) is 108 Å². The van der Waals surface area contributed by atoms with Crippen molar-refractivity contribution in [2.24, 2.45) is 0 Å². The van der Waals surface area contributed by atoms with E-state index in [0.29, 0.717) is 25.2 Å². The van der Waals surface area contributed by atoms with Gasteiger partial charge in [-0.2, -0.15) is 0 Å². The summed E-state index contributed by atoms with van der Waals surface area (Å²) < 4.78 is 16.7. The quantitative estimate of drug-likeness (QED) is 0.0482. The van der Waals surface area contributed by atoms with Crippen LogP contribution in [0.2, 0.25) is 25.7 Å². The number of unbranched alkanes of at least 4 members (excludes halogenated alkanes) is 4. The maximum Gasteiger partial charge on any atom is 0.407 e. The van der Waals surface area contributed by atoms with Crippen LogP contribution < -0.4 is 5.32 Å². The van der Waals surface area contributed by atoms with Gasteiger partial charge in [-0.05, 0) is 54.1 Å². The molecule has 1 amide bonds. The van der Waals surface area contributed by atoms with Crippen LogP contribution >= 0.6 is 11.8 Å². The Balaban J connectivity index is 1.50. The summed E-state index contributed by atoms with van der Waals surface area (Å²) in [6.45, 7) is 10.7. The van der Waals surface area contributed by atoms with Crippen molar-refractivity contribution in [3.63, 3.8) is 0 Å². The molecule has 2 aromatic rings. The molecule has 0 aromatic heterocycles. The van der Waals surface area contributed by atoms with Crippen molar-refractivity contribution >= 4 is 43.0 Å². The van der Waals surface area contributed by atoms with Crippen LogP contribution in [0.15, 0.2) is 60.7 Å². The predicted molar refractivity (Wildman–Crippen MR) is 196 cm³/mol. The van der Waals surface area contributed by atoms with E-state index in [-0.39, 0.29) is 24.1 Å². The minimum absolute atomic E-state index is 0.105. The Kier molecular flexibility index (Phi) is 16.5. The van der Waals surface area contributed by atoms with Gasteiger partial charge in [0.2, 0.25) is 0 Å². The molecule has 0 spiro atoms. The predicted octanol–water partition coefficient (Wildman–Crippen LogP) is 8.66. The summed E-state index contributed by atoms with van der Waals surface area (Å²) in [4.78, 5) is 50.6. The number of amides is 1. The van der Waals surface area contributed by atoms with Gasteiger partial charge in [0.15, 0.2) is 5.12 Å². The van der Waals surface area contributed by atoms with E-state index >= 15 is 0 Å². The van der Waals surface area contributed by atoms with Crippen molar-refractivity contribution in [2.45, 2.75) is 109 Å². The molecule has 1 aliphatic rings. The number of alkyl carbamates (subject to hydrolysis) is 1. The fourth-order valence-corrected chi connectivity index (χ4v) is 6.89. The highest BCUT2D eigenvalue weighted by atomic mass is 32.2. The Morgan fingerprint density at radius 1 is 0.917 bits per heavy atom. The van der Waals surface area contributed by atoms with Gasteiger partial charge in [0.25, 0.3) is 0 Å². The molecule has 3 rings (SSSR count). The number of allylic oxidation sites excluding steroid dienone is 1. The smallest absolute Gasteiger partial charge is 0.407 e. The highest BCUT2D eigenvalue weighted by Crippen LogP contribution is 2.44. The van der Waals surface area contributed by atoms with E-state index in [0.717, 1.165) is 47.6 Å². The summed E-state index contributed by atoms with van der Waals surface area (Å²) in [5.41, 5.74) is 4.44. The molecule has 0 bridgehead atoms. The summed E-state index contributed by atoms with van der Waals surface area (Å²) in [5.74, 6) is -0.655. The molecule has 8 nitrogen and oxygen atoms in total. The highest BCUT2D eigenvalue weighted by Gasteiger charge is 2.30. The maximum absolute atomic E-state index is 13.0. The summed E-state index contributed by atoms with van der Waals surface area (Å²) in [5, 5.41) is 2.75. The van der Waals surface area contributed by atoms with Crippen molar-refractivity contribution in [1.82, 2.24) is 5.32 Å². The molecule has 0 heterocycles. The molecule has 0 saturated heterocycles.